The van der Waals surface area contributed by atoms with Crippen LogP contribution in [0.5, 0.6) is 0 Å². The summed E-state index contributed by atoms with van der Waals surface area (Å²) in [4.78, 5) is 6.27. The van der Waals surface area contributed by atoms with Crippen molar-refractivity contribution in [1.29, 1.82) is 0 Å². The summed E-state index contributed by atoms with van der Waals surface area (Å²) in [6, 6.07) is 7.91. The zero-order valence-corrected chi connectivity index (χ0v) is 9.43. The van der Waals surface area contributed by atoms with E-state index < -0.39 is 6.10 Å². The summed E-state index contributed by atoms with van der Waals surface area (Å²) >= 11 is 0. The molecule has 1 unspecified atom stereocenters. The quantitative estimate of drug-likeness (QED) is 0.787. The normalized spacial score (nSPS) is 16.8. The fourth-order valence-corrected chi connectivity index (χ4v) is 1.90. The largest absolute Gasteiger partial charge is 0.387 e. The highest BCUT2D eigenvalue weighted by Gasteiger charge is 2.16. The molecule has 1 aromatic carbocycles. The van der Waals surface area contributed by atoms with Gasteiger partial charge in [-0.25, -0.2) is 0 Å². The van der Waals surface area contributed by atoms with E-state index >= 15 is 0 Å². The number of aliphatic hydroxyl groups is 1. The van der Waals surface area contributed by atoms with Gasteiger partial charge in [-0.3, -0.25) is 4.99 Å². The Morgan fingerprint density at radius 3 is 3.00 bits per heavy atom. The number of aliphatic hydroxyl groups excluding tert-OH is 1. The highest BCUT2D eigenvalue weighted by Crippen LogP contribution is 2.26. The van der Waals surface area contributed by atoms with Crippen LogP contribution in [0.3, 0.4) is 0 Å². The minimum Gasteiger partial charge on any atom is -0.387 e. The van der Waals surface area contributed by atoms with Crippen molar-refractivity contribution >= 4 is 12.0 Å². The number of benzene rings is 1. The molecule has 4 nitrogen and oxygen atoms in total. The number of nitrogens with zero attached hydrogens (tertiary/aromatic N) is 2. The smallest absolute Gasteiger partial charge is 0.0934 e. The third kappa shape index (κ3) is 2.23. The molecular formula is C12H17N3O. The van der Waals surface area contributed by atoms with Crippen LogP contribution in [0.2, 0.25) is 0 Å². The summed E-state index contributed by atoms with van der Waals surface area (Å²) in [7, 11) is 1.84. The summed E-state index contributed by atoms with van der Waals surface area (Å²) < 4.78 is 0. The standard InChI is InChI=1S/C12H17N3O/c1-13-8-12(16)10-4-2-3-5-11(10)15-7-6-14-9-15/h2-5,9,12-13,16H,6-8H2,1H3. The Bertz CT molecular complexity index is 378. The van der Waals surface area contributed by atoms with E-state index in [-0.39, 0.29) is 0 Å². The molecule has 1 aliphatic heterocycles. The number of para-hydroxylation sites is 1. The Kier molecular flexibility index (Phi) is 3.54. The van der Waals surface area contributed by atoms with Crippen molar-refractivity contribution in [2.75, 3.05) is 31.6 Å². The van der Waals surface area contributed by atoms with Gasteiger partial charge in [0.2, 0.25) is 0 Å². The first-order chi connectivity index (χ1) is 7.83. The predicted molar refractivity (Wildman–Crippen MR) is 66.0 cm³/mol. The van der Waals surface area contributed by atoms with E-state index in [4.69, 9.17) is 0 Å². The Hall–Kier alpha value is -1.39. The first-order valence-corrected chi connectivity index (χ1v) is 5.51. The van der Waals surface area contributed by atoms with Gasteiger partial charge < -0.3 is 15.3 Å². The SMILES string of the molecule is CNCC(O)c1ccccc1N1C=NCC1. The molecule has 0 saturated carbocycles. The number of aliphatic imine (C=N–C) groups is 1. The second kappa shape index (κ2) is 5.09. The Balaban J connectivity index is 2.26. The number of likely N-dealkylation sites (N-methyl/N-ethyl adjacent to an activating group) is 1. The first kappa shape index (κ1) is 11.1. The maximum Gasteiger partial charge on any atom is 0.0934 e. The number of anilines is 1. The topological polar surface area (TPSA) is 47.9 Å². The first-order valence-electron chi connectivity index (χ1n) is 5.51. The number of nitrogens with one attached hydrogen (secondary N) is 1. The van der Waals surface area contributed by atoms with Crippen LogP contribution in [-0.4, -0.2) is 38.1 Å². The summed E-state index contributed by atoms with van der Waals surface area (Å²) in [6.45, 7) is 2.28. The lowest BCUT2D eigenvalue weighted by Crippen LogP contribution is -2.23. The lowest BCUT2D eigenvalue weighted by molar-refractivity contribution is 0.178. The van der Waals surface area contributed by atoms with Crippen molar-refractivity contribution in [1.82, 2.24) is 5.32 Å². The average molecular weight is 219 g/mol. The molecule has 16 heavy (non-hydrogen) atoms. The highest BCUT2D eigenvalue weighted by atomic mass is 16.3. The molecule has 2 N–H and O–H groups in total. The summed E-state index contributed by atoms with van der Waals surface area (Å²) in [5, 5.41) is 13.0. The molecule has 1 atom stereocenters. The zero-order valence-electron chi connectivity index (χ0n) is 9.43. The van der Waals surface area contributed by atoms with Gasteiger partial charge in [0.25, 0.3) is 0 Å². The number of rotatable bonds is 4. The molecule has 2 rings (SSSR count). The van der Waals surface area contributed by atoms with Crippen molar-refractivity contribution in [2.45, 2.75) is 6.10 Å². The molecule has 0 fully saturated rings. The molecule has 0 spiro atoms. The molecule has 0 saturated heterocycles. The Morgan fingerprint density at radius 2 is 2.31 bits per heavy atom. The van der Waals surface area contributed by atoms with E-state index in [1.165, 1.54) is 0 Å². The molecule has 0 aliphatic carbocycles. The number of hydrogen-bond donors (Lipinski definition) is 2. The van der Waals surface area contributed by atoms with Crippen molar-refractivity contribution in [3.63, 3.8) is 0 Å². The fourth-order valence-electron chi connectivity index (χ4n) is 1.90. The van der Waals surface area contributed by atoms with Gasteiger partial charge in [0.15, 0.2) is 0 Å². The van der Waals surface area contributed by atoms with Crippen molar-refractivity contribution in [3.05, 3.63) is 29.8 Å². The van der Waals surface area contributed by atoms with Gasteiger partial charge in [0, 0.05) is 24.3 Å². The van der Waals surface area contributed by atoms with Crippen molar-refractivity contribution in [2.24, 2.45) is 4.99 Å². The summed E-state index contributed by atoms with van der Waals surface area (Å²) in [5.74, 6) is 0. The molecule has 86 valence electrons. The van der Waals surface area contributed by atoms with Gasteiger partial charge in [-0.2, -0.15) is 0 Å². The van der Waals surface area contributed by atoms with Gasteiger partial charge in [0.1, 0.15) is 0 Å². The molecule has 4 heteroatoms. The molecule has 1 heterocycles. The second-order valence-electron chi connectivity index (χ2n) is 3.85. The van der Waals surface area contributed by atoms with Gasteiger partial charge >= 0.3 is 0 Å². The van der Waals surface area contributed by atoms with E-state index in [1.807, 2.05) is 37.7 Å². The highest BCUT2D eigenvalue weighted by molar-refractivity contribution is 5.82. The van der Waals surface area contributed by atoms with Crippen LogP contribution < -0.4 is 10.2 Å². The van der Waals surface area contributed by atoms with Crippen LogP contribution in [0, 0.1) is 0 Å². The van der Waals surface area contributed by atoms with Crippen LogP contribution >= 0.6 is 0 Å². The van der Waals surface area contributed by atoms with Crippen molar-refractivity contribution in [3.8, 4) is 0 Å². The fraction of sp³-hybridized carbons (Fsp3) is 0.417. The third-order valence-corrected chi connectivity index (χ3v) is 2.69. The lowest BCUT2D eigenvalue weighted by atomic mass is 10.1. The van der Waals surface area contributed by atoms with E-state index in [0.29, 0.717) is 6.54 Å². The maximum absolute atomic E-state index is 10.0. The number of hydrogen-bond acceptors (Lipinski definition) is 4. The molecule has 1 aromatic rings. The van der Waals surface area contributed by atoms with Crippen LogP contribution in [0.15, 0.2) is 29.3 Å². The molecule has 0 aromatic heterocycles. The molecule has 1 aliphatic rings. The summed E-state index contributed by atoms with van der Waals surface area (Å²) in [6.07, 6.45) is 1.36. The Morgan fingerprint density at radius 1 is 1.50 bits per heavy atom. The van der Waals surface area contributed by atoms with Crippen LogP contribution in [0.25, 0.3) is 0 Å². The van der Waals surface area contributed by atoms with E-state index in [9.17, 15) is 5.11 Å². The van der Waals surface area contributed by atoms with Crippen LogP contribution in [0.4, 0.5) is 5.69 Å². The van der Waals surface area contributed by atoms with Crippen LogP contribution in [0.1, 0.15) is 11.7 Å². The Labute approximate surface area is 95.6 Å². The monoisotopic (exact) mass is 219 g/mol. The second-order valence-corrected chi connectivity index (χ2v) is 3.85. The molecule has 0 radical (unpaired) electrons. The van der Waals surface area contributed by atoms with Gasteiger partial charge in [-0.1, -0.05) is 18.2 Å². The van der Waals surface area contributed by atoms with Crippen molar-refractivity contribution < 1.29 is 5.11 Å². The summed E-state index contributed by atoms with van der Waals surface area (Å²) in [5.41, 5.74) is 2.00. The van der Waals surface area contributed by atoms with E-state index in [0.717, 1.165) is 24.3 Å². The minimum absolute atomic E-state index is 0.477. The van der Waals surface area contributed by atoms with Gasteiger partial charge in [-0.15, -0.1) is 0 Å². The zero-order chi connectivity index (χ0) is 11.4. The molecular weight excluding hydrogens is 202 g/mol. The van der Waals surface area contributed by atoms with Gasteiger partial charge in [-0.05, 0) is 13.1 Å². The average Bonchev–Trinajstić information content (AvgIpc) is 2.83. The van der Waals surface area contributed by atoms with Gasteiger partial charge in [0.05, 0.1) is 19.0 Å². The maximum atomic E-state index is 10.0. The molecule has 0 amide bonds. The predicted octanol–water partition coefficient (Wildman–Crippen LogP) is 0.788. The minimum atomic E-state index is -0.477. The lowest BCUT2D eigenvalue weighted by Gasteiger charge is -2.21. The van der Waals surface area contributed by atoms with E-state index in [1.54, 1.807) is 0 Å². The third-order valence-electron chi connectivity index (χ3n) is 2.69. The molecule has 0 bridgehead atoms. The van der Waals surface area contributed by atoms with Crippen LogP contribution in [-0.2, 0) is 0 Å². The van der Waals surface area contributed by atoms with E-state index in [2.05, 4.69) is 15.2 Å².